The van der Waals surface area contributed by atoms with Crippen LogP contribution in [0, 0.1) is 13.8 Å². The van der Waals surface area contributed by atoms with E-state index in [0.29, 0.717) is 11.8 Å². The third kappa shape index (κ3) is 3.05. The van der Waals surface area contributed by atoms with Crippen molar-refractivity contribution in [2.24, 2.45) is 0 Å². The molecule has 7 heteroatoms. The van der Waals surface area contributed by atoms with Gasteiger partial charge in [0, 0.05) is 32.1 Å². The Morgan fingerprint density at radius 1 is 1.23 bits per heavy atom. The Bertz CT molecular complexity index is 637. The molecule has 0 aromatic carbocycles. The number of morpholine rings is 1. The van der Waals surface area contributed by atoms with Gasteiger partial charge in [0.2, 0.25) is 11.8 Å². The van der Waals surface area contributed by atoms with E-state index >= 15 is 0 Å². The summed E-state index contributed by atoms with van der Waals surface area (Å²) < 4.78 is 16.8. The van der Waals surface area contributed by atoms with Crippen molar-refractivity contribution in [2.45, 2.75) is 52.9 Å². The van der Waals surface area contributed by atoms with Gasteiger partial charge in [-0.05, 0) is 20.3 Å². The van der Waals surface area contributed by atoms with E-state index in [-0.39, 0.29) is 12.2 Å². The Morgan fingerprint density at radius 2 is 2.05 bits per heavy atom. The molecule has 22 heavy (non-hydrogen) atoms. The summed E-state index contributed by atoms with van der Waals surface area (Å²) in [4.78, 5) is 2.33. The summed E-state index contributed by atoms with van der Waals surface area (Å²) in [5, 5.41) is 12.1. The van der Waals surface area contributed by atoms with E-state index in [2.05, 4.69) is 34.1 Å². The van der Waals surface area contributed by atoms with Crippen LogP contribution in [0.3, 0.4) is 0 Å². The van der Waals surface area contributed by atoms with Crippen LogP contribution in [-0.2, 0) is 17.7 Å². The summed E-state index contributed by atoms with van der Waals surface area (Å²) in [7, 11) is 0. The molecule has 0 radical (unpaired) electrons. The Morgan fingerprint density at radius 3 is 2.73 bits per heavy atom. The summed E-state index contributed by atoms with van der Waals surface area (Å²) in [5.41, 5.74) is 2.21. The second kappa shape index (κ2) is 6.18. The van der Waals surface area contributed by atoms with Crippen LogP contribution in [0.15, 0.2) is 8.94 Å². The van der Waals surface area contributed by atoms with Crippen LogP contribution >= 0.6 is 0 Å². The zero-order valence-electron chi connectivity index (χ0n) is 13.5. The highest BCUT2D eigenvalue weighted by molar-refractivity contribution is 5.22. The molecule has 0 amide bonds. The van der Waals surface area contributed by atoms with E-state index < -0.39 is 0 Å². The van der Waals surface area contributed by atoms with E-state index in [1.54, 1.807) is 6.92 Å². The topological polar surface area (TPSA) is 77.4 Å². The third-order valence-corrected chi connectivity index (χ3v) is 3.94. The predicted octanol–water partition coefficient (Wildman–Crippen LogP) is 2.20. The molecule has 0 saturated carbocycles. The maximum absolute atomic E-state index is 5.94. The maximum Gasteiger partial charge on any atom is 0.246 e. The highest BCUT2D eigenvalue weighted by atomic mass is 16.5. The smallest absolute Gasteiger partial charge is 0.246 e. The molecule has 0 N–H and O–H groups in total. The van der Waals surface area contributed by atoms with Gasteiger partial charge in [0.1, 0.15) is 11.9 Å². The van der Waals surface area contributed by atoms with Crippen LogP contribution in [0.1, 0.15) is 48.8 Å². The van der Waals surface area contributed by atoms with Crippen molar-refractivity contribution in [3.05, 3.63) is 28.8 Å². The standard InChI is InChI=1S/C15H22N4O3/c1-5-13-12(10(3)22-18-13)7-19-6-9(2)20-14(8-19)15-17-16-11(4)21-15/h9,14H,5-8H2,1-4H3/t9-,14-/m1/s1. The minimum atomic E-state index is -0.185. The lowest BCUT2D eigenvalue weighted by molar-refractivity contribution is -0.0919. The largest absolute Gasteiger partial charge is 0.423 e. The first kappa shape index (κ1) is 15.2. The fraction of sp³-hybridized carbons (Fsp3) is 0.667. The van der Waals surface area contributed by atoms with Gasteiger partial charge in [-0.2, -0.15) is 0 Å². The molecule has 1 saturated heterocycles. The first-order chi connectivity index (χ1) is 10.6. The van der Waals surface area contributed by atoms with Crippen LogP contribution in [-0.4, -0.2) is 39.4 Å². The monoisotopic (exact) mass is 306 g/mol. The molecule has 0 aliphatic carbocycles. The van der Waals surface area contributed by atoms with Gasteiger partial charge in [-0.15, -0.1) is 10.2 Å². The van der Waals surface area contributed by atoms with Gasteiger partial charge in [-0.1, -0.05) is 12.1 Å². The number of rotatable bonds is 4. The molecule has 2 atom stereocenters. The fourth-order valence-electron chi connectivity index (χ4n) is 2.89. The minimum absolute atomic E-state index is 0.108. The van der Waals surface area contributed by atoms with E-state index in [1.807, 2.05) is 6.92 Å². The number of aromatic nitrogens is 3. The van der Waals surface area contributed by atoms with Crippen molar-refractivity contribution in [3.8, 4) is 0 Å². The number of nitrogens with zero attached hydrogens (tertiary/aromatic N) is 4. The van der Waals surface area contributed by atoms with Crippen molar-refractivity contribution in [1.29, 1.82) is 0 Å². The van der Waals surface area contributed by atoms with E-state index in [0.717, 1.165) is 37.5 Å². The molecule has 3 rings (SSSR count). The predicted molar refractivity (Wildman–Crippen MR) is 78.2 cm³/mol. The van der Waals surface area contributed by atoms with Gasteiger partial charge in [-0.3, -0.25) is 4.90 Å². The van der Waals surface area contributed by atoms with Crippen molar-refractivity contribution in [2.75, 3.05) is 13.1 Å². The van der Waals surface area contributed by atoms with Gasteiger partial charge in [0.25, 0.3) is 0 Å². The van der Waals surface area contributed by atoms with Crippen molar-refractivity contribution < 1.29 is 13.7 Å². The number of aryl methyl sites for hydroxylation is 3. The third-order valence-electron chi connectivity index (χ3n) is 3.94. The van der Waals surface area contributed by atoms with Crippen molar-refractivity contribution in [3.63, 3.8) is 0 Å². The summed E-state index contributed by atoms with van der Waals surface area (Å²) in [6, 6.07) is 0. The lowest BCUT2D eigenvalue weighted by atomic mass is 10.1. The SMILES string of the molecule is CCc1noc(C)c1CN1C[C@@H](C)O[C@@H](c2nnc(C)o2)C1. The van der Waals surface area contributed by atoms with Crippen molar-refractivity contribution >= 4 is 0 Å². The van der Waals surface area contributed by atoms with Crippen LogP contribution in [0.4, 0.5) is 0 Å². The summed E-state index contributed by atoms with van der Waals surface area (Å²) in [6.45, 7) is 10.3. The zero-order chi connectivity index (χ0) is 15.7. The lowest BCUT2D eigenvalue weighted by Crippen LogP contribution is -2.42. The second-order valence-electron chi connectivity index (χ2n) is 5.81. The number of hydrogen-bond acceptors (Lipinski definition) is 7. The maximum atomic E-state index is 5.94. The molecule has 7 nitrogen and oxygen atoms in total. The number of hydrogen-bond donors (Lipinski definition) is 0. The molecule has 1 aliphatic rings. The average molecular weight is 306 g/mol. The molecule has 0 unspecified atom stereocenters. The molecule has 3 heterocycles. The van der Waals surface area contributed by atoms with Crippen LogP contribution in [0.25, 0.3) is 0 Å². The van der Waals surface area contributed by atoms with E-state index in [4.69, 9.17) is 13.7 Å². The highest BCUT2D eigenvalue weighted by Crippen LogP contribution is 2.26. The van der Waals surface area contributed by atoms with Gasteiger partial charge in [0.15, 0.2) is 0 Å². The Balaban J connectivity index is 1.75. The van der Waals surface area contributed by atoms with Gasteiger partial charge in [-0.25, -0.2) is 0 Å². The summed E-state index contributed by atoms with van der Waals surface area (Å²) >= 11 is 0. The van der Waals surface area contributed by atoms with Crippen molar-refractivity contribution in [1.82, 2.24) is 20.3 Å². The summed E-state index contributed by atoms with van der Waals surface area (Å²) in [6.07, 6.45) is 0.796. The van der Waals surface area contributed by atoms with Crippen LogP contribution < -0.4 is 0 Å². The molecule has 120 valence electrons. The van der Waals surface area contributed by atoms with Gasteiger partial charge in [0.05, 0.1) is 11.8 Å². The first-order valence-corrected chi connectivity index (χ1v) is 7.68. The Labute approximate surface area is 129 Å². The Kier molecular flexibility index (Phi) is 4.26. The molecule has 2 aromatic heterocycles. The minimum Gasteiger partial charge on any atom is -0.423 e. The number of ether oxygens (including phenoxy) is 1. The molecule has 0 spiro atoms. The van der Waals surface area contributed by atoms with Gasteiger partial charge >= 0.3 is 0 Å². The summed E-state index contributed by atoms with van der Waals surface area (Å²) in [5.74, 6) is 2.00. The first-order valence-electron chi connectivity index (χ1n) is 7.68. The van der Waals surface area contributed by atoms with E-state index in [9.17, 15) is 0 Å². The van der Waals surface area contributed by atoms with Crippen LogP contribution in [0.2, 0.25) is 0 Å². The molecular formula is C15H22N4O3. The molecular weight excluding hydrogens is 284 g/mol. The average Bonchev–Trinajstić information content (AvgIpc) is 3.06. The lowest BCUT2D eigenvalue weighted by Gasteiger charge is -2.35. The normalized spacial score (nSPS) is 23.1. The zero-order valence-corrected chi connectivity index (χ0v) is 13.5. The second-order valence-corrected chi connectivity index (χ2v) is 5.81. The Hall–Kier alpha value is -1.73. The van der Waals surface area contributed by atoms with Crippen LogP contribution in [0.5, 0.6) is 0 Å². The fourth-order valence-corrected chi connectivity index (χ4v) is 2.89. The highest BCUT2D eigenvalue weighted by Gasteiger charge is 2.31. The molecule has 1 fully saturated rings. The molecule has 2 aromatic rings. The quantitative estimate of drug-likeness (QED) is 0.856. The van der Waals surface area contributed by atoms with Gasteiger partial charge < -0.3 is 13.7 Å². The van der Waals surface area contributed by atoms with E-state index in [1.165, 1.54) is 5.56 Å². The molecule has 1 aliphatic heterocycles. The molecule has 0 bridgehead atoms.